The minimum Gasteiger partial charge on any atom is -0.465 e. The zero-order chi connectivity index (χ0) is 23.3. The van der Waals surface area contributed by atoms with E-state index in [0.717, 1.165) is 17.7 Å². The number of β-amino-alcohol motifs (C(OH)–C–C–N with tert-alkyl or cyclic N) is 1. The lowest BCUT2D eigenvalue weighted by molar-refractivity contribution is -0.139. The predicted molar refractivity (Wildman–Crippen MR) is 114 cm³/mol. The molecule has 0 aromatic carbocycles. The SMILES string of the molecule is O=C(NC1CCCN(C(=O)O)CC1O)C(CC(=O)N1CCOCC1)CS(=O)(=O)CC1CC1. The molecule has 0 radical (unpaired) electrons. The molecule has 3 unspecified atom stereocenters. The van der Waals surface area contributed by atoms with Gasteiger partial charge in [-0.3, -0.25) is 9.59 Å². The summed E-state index contributed by atoms with van der Waals surface area (Å²) in [6, 6.07) is -0.709. The van der Waals surface area contributed by atoms with Gasteiger partial charge in [-0.2, -0.15) is 0 Å². The first-order valence-electron chi connectivity index (χ1n) is 11.2. The number of carbonyl (C=O) groups is 3. The molecular weight excluding hydrogens is 442 g/mol. The van der Waals surface area contributed by atoms with Crippen molar-refractivity contribution < 1.29 is 37.8 Å². The molecule has 11 nitrogen and oxygen atoms in total. The first-order chi connectivity index (χ1) is 15.1. The number of sulfone groups is 1. The minimum absolute atomic E-state index is 0.0160. The Morgan fingerprint density at radius 3 is 2.38 bits per heavy atom. The van der Waals surface area contributed by atoms with Gasteiger partial charge >= 0.3 is 6.09 Å². The number of hydrogen-bond acceptors (Lipinski definition) is 7. The summed E-state index contributed by atoms with van der Waals surface area (Å²) in [5.41, 5.74) is 0. The second kappa shape index (κ2) is 10.8. The minimum atomic E-state index is -3.53. The molecule has 0 aromatic rings. The molecule has 182 valence electrons. The van der Waals surface area contributed by atoms with Gasteiger partial charge in [0.15, 0.2) is 9.84 Å². The molecule has 0 aromatic heterocycles. The van der Waals surface area contributed by atoms with Crippen LogP contribution in [0.4, 0.5) is 4.79 Å². The third-order valence-electron chi connectivity index (χ3n) is 6.21. The van der Waals surface area contributed by atoms with Crippen molar-refractivity contribution in [3.63, 3.8) is 0 Å². The topological polar surface area (TPSA) is 154 Å². The van der Waals surface area contributed by atoms with Crippen molar-refractivity contribution >= 4 is 27.7 Å². The molecule has 0 bridgehead atoms. The number of aliphatic hydroxyl groups is 1. The third-order valence-corrected chi connectivity index (χ3v) is 8.10. The van der Waals surface area contributed by atoms with Gasteiger partial charge in [-0.25, -0.2) is 13.2 Å². The van der Waals surface area contributed by atoms with E-state index in [1.54, 1.807) is 4.90 Å². The van der Waals surface area contributed by atoms with Gasteiger partial charge in [0.1, 0.15) is 0 Å². The molecule has 2 saturated heterocycles. The number of likely N-dealkylation sites (tertiary alicyclic amines) is 1. The molecule has 3 fully saturated rings. The number of carboxylic acid groups (broad SMARTS) is 1. The molecule has 1 saturated carbocycles. The Balaban J connectivity index is 1.67. The van der Waals surface area contributed by atoms with E-state index >= 15 is 0 Å². The maximum absolute atomic E-state index is 13.1. The van der Waals surface area contributed by atoms with Gasteiger partial charge in [-0.1, -0.05) is 0 Å². The van der Waals surface area contributed by atoms with Gasteiger partial charge in [0.25, 0.3) is 0 Å². The normalized spacial score (nSPS) is 25.7. The molecule has 2 aliphatic heterocycles. The average Bonchev–Trinajstić information content (AvgIpc) is 3.56. The van der Waals surface area contributed by atoms with Crippen molar-refractivity contribution in [1.82, 2.24) is 15.1 Å². The van der Waals surface area contributed by atoms with Crippen molar-refractivity contribution in [2.45, 2.75) is 44.2 Å². The van der Waals surface area contributed by atoms with E-state index in [-0.39, 0.29) is 37.1 Å². The molecule has 32 heavy (non-hydrogen) atoms. The van der Waals surface area contributed by atoms with E-state index in [2.05, 4.69) is 5.32 Å². The number of nitrogens with zero attached hydrogens (tertiary/aromatic N) is 2. The van der Waals surface area contributed by atoms with Crippen molar-refractivity contribution in [2.75, 3.05) is 50.9 Å². The summed E-state index contributed by atoms with van der Waals surface area (Å²) in [5, 5.41) is 22.3. The molecule has 3 amide bonds. The van der Waals surface area contributed by atoms with Crippen LogP contribution in [0.15, 0.2) is 0 Å². The van der Waals surface area contributed by atoms with E-state index in [0.29, 0.717) is 39.1 Å². The van der Waals surface area contributed by atoms with Crippen LogP contribution >= 0.6 is 0 Å². The highest BCUT2D eigenvalue weighted by atomic mass is 32.2. The summed E-state index contributed by atoms with van der Waals surface area (Å²) in [6.07, 6.45) is 0.0301. The fourth-order valence-corrected chi connectivity index (χ4v) is 6.25. The van der Waals surface area contributed by atoms with Crippen LogP contribution in [0, 0.1) is 11.8 Å². The Morgan fingerprint density at radius 2 is 1.75 bits per heavy atom. The summed E-state index contributed by atoms with van der Waals surface area (Å²) >= 11 is 0. The lowest BCUT2D eigenvalue weighted by Gasteiger charge is -2.29. The lowest BCUT2D eigenvalue weighted by atomic mass is 10.0. The molecular formula is C20H33N3O8S. The predicted octanol–water partition coefficient (Wildman–Crippen LogP) is -0.704. The summed E-state index contributed by atoms with van der Waals surface area (Å²) in [4.78, 5) is 39.7. The summed E-state index contributed by atoms with van der Waals surface area (Å²) < 4.78 is 30.5. The Labute approximate surface area is 188 Å². The fraction of sp³-hybridized carbons (Fsp3) is 0.850. The second-order valence-corrected chi connectivity index (χ2v) is 11.1. The highest BCUT2D eigenvalue weighted by Gasteiger charge is 2.36. The number of amides is 3. The number of nitrogens with one attached hydrogen (secondary N) is 1. The Bertz CT molecular complexity index is 795. The molecule has 3 aliphatic rings. The van der Waals surface area contributed by atoms with Crippen LogP contribution in [0.5, 0.6) is 0 Å². The van der Waals surface area contributed by atoms with Gasteiger partial charge in [0.2, 0.25) is 11.8 Å². The summed E-state index contributed by atoms with van der Waals surface area (Å²) in [7, 11) is -3.53. The summed E-state index contributed by atoms with van der Waals surface area (Å²) in [6.45, 7) is 1.70. The van der Waals surface area contributed by atoms with Gasteiger partial charge in [-0.15, -0.1) is 0 Å². The smallest absolute Gasteiger partial charge is 0.407 e. The first-order valence-corrected chi connectivity index (χ1v) is 13.0. The molecule has 1 aliphatic carbocycles. The number of carbonyl (C=O) groups excluding carboxylic acids is 2. The van der Waals surface area contributed by atoms with Crippen LogP contribution in [0.1, 0.15) is 32.1 Å². The zero-order valence-electron chi connectivity index (χ0n) is 18.1. The average molecular weight is 476 g/mol. The molecule has 12 heteroatoms. The van der Waals surface area contributed by atoms with Crippen molar-refractivity contribution in [2.24, 2.45) is 11.8 Å². The summed E-state index contributed by atoms with van der Waals surface area (Å²) in [5.74, 6) is -2.24. The van der Waals surface area contributed by atoms with Crippen LogP contribution in [0.3, 0.4) is 0 Å². The highest BCUT2D eigenvalue weighted by molar-refractivity contribution is 7.91. The van der Waals surface area contributed by atoms with Crippen molar-refractivity contribution in [1.29, 1.82) is 0 Å². The van der Waals surface area contributed by atoms with Crippen molar-refractivity contribution in [3.05, 3.63) is 0 Å². The number of rotatable bonds is 8. The van der Waals surface area contributed by atoms with Gasteiger partial charge in [0.05, 0.1) is 49.3 Å². The molecule has 0 spiro atoms. The third kappa shape index (κ3) is 7.31. The van der Waals surface area contributed by atoms with E-state index in [4.69, 9.17) is 4.74 Å². The van der Waals surface area contributed by atoms with E-state index < -0.39 is 45.7 Å². The maximum atomic E-state index is 13.1. The van der Waals surface area contributed by atoms with Gasteiger partial charge in [0, 0.05) is 26.1 Å². The van der Waals surface area contributed by atoms with Crippen LogP contribution in [-0.4, -0.2) is 109 Å². The second-order valence-electron chi connectivity index (χ2n) is 8.97. The van der Waals surface area contributed by atoms with E-state index in [1.807, 2.05) is 0 Å². The number of hydrogen-bond donors (Lipinski definition) is 3. The fourth-order valence-electron chi connectivity index (χ4n) is 4.18. The van der Waals surface area contributed by atoms with Crippen LogP contribution < -0.4 is 5.32 Å². The van der Waals surface area contributed by atoms with E-state index in [9.17, 15) is 33.0 Å². The van der Waals surface area contributed by atoms with Crippen LogP contribution in [-0.2, 0) is 24.2 Å². The van der Waals surface area contributed by atoms with Crippen LogP contribution in [0.2, 0.25) is 0 Å². The monoisotopic (exact) mass is 475 g/mol. The number of ether oxygens (including phenoxy) is 1. The molecule has 3 atom stereocenters. The number of aliphatic hydroxyl groups excluding tert-OH is 1. The Kier molecular flexibility index (Phi) is 8.34. The van der Waals surface area contributed by atoms with Crippen LogP contribution in [0.25, 0.3) is 0 Å². The largest absolute Gasteiger partial charge is 0.465 e. The standard InChI is InChI=1S/C20H33N3O8S/c24-17-11-23(20(27)28)5-1-2-16(17)21-19(26)15(13-32(29,30)12-14-3-4-14)10-18(25)22-6-8-31-9-7-22/h14-17,24H,1-13H2,(H,21,26)(H,27,28). The number of morpholine rings is 1. The molecule has 3 rings (SSSR count). The van der Waals surface area contributed by atoms with E-state index in [1.165, 1.54) is 0 Å². The Morgan fingerprint density at radius 1 is 1.06 bits per heavy atom. The zero-order valence-corrected chi connectivity index (χ0v) is 19.0. The van der Waals surface area contributed by atoms with Gasteiger partial charge < -0.3 is 30.1 Å². The van der Waals surface area contributed by atoms with Gasteiger partial charge in [-0.05, 0) is 31.6 Å². The van der Waals surface area contributed by atoms with Crippen molar-refractivity contribution in [3.8, 4) is 0 Å². The highest BCUT2D eigenvalue weighted by Crippen LogP contribution is 2.31. The Hall–Kier alpha value is -1.92. The molecule has 2 heterocycles. The quantitative estimate of drug-likeness (QED) is 0.416. The first kappa shape index (κ1) is 24.7. The lowest BCUT2D eigenvalue weighted by Crippen LogP contribution is -2.50. The molecule has 3 N–H and O–H groups in total. The maximum Gasteiger partial charge on any atom is 0.407 e.